The van der Waals surface area contributed by atoms with Gasteiger partial charge in [0.2, 0.25) is 5.75 Å². The fourth-order valence-corrected chi connectivity index (χ4v) is 1.93. The molecule has 0 fully saturated rings. The van der Waals surface area contributed by atoms with Gasteiger partial charge in [0.05, 0.1) is 21.3 Å². The van der Waals surface area contributed by atoms with Crippen molar-refractivity contribution in [1.29, 1.82) is 0 Å². The van der Waals surface area contributed by atoms with Gasteiger partial charge in [-0.2, -0.15) is 13.2 Å². The summed E-state index contributed by atoms with van der Waals surface area (Å²) in [6.07, 6.45) is -5.59. The molecule has 1 aromatic rings. The topological polar surface area (TPSA) is 94.1 Å². The number of hydrogen-bond donors (Lipinski definition) is 2. The second-order valence-corrected chi connectivity index (χ2v) is 4.60. The summed E-state index contributed by atoms with van der Waals surface area (Å²) in [7, 11) is 4.03. The van der Waals surface area contributed by atoms with Gasteiger partial charge in [0.15, 0.2) is 11.5 Å². The molecule has 0 spiro atoms. The molecule has 0 bridgehead atoms. The monoisotopic (exact) mass is 351 g/mol. The Morgan fingerprint density at radius 1 is 1.12 bits per heavy atom. The summed E-state index contributed by atoms with van der Waals surface area (Å²) in [5, 5.41) is 10.5. The lowest BCUT2D eigenvalue weighted by atomic mass is 10.0. The van der Waals surface area contributed by atoms with Gasteiger partial charge in [0.1, 0.15) is 6.04 Å². The molecule has 0 aromatic heterocycles. The van der Waals surface area contributed by atoms with E-state index in [0.29, 0.717) is 0 Å². The molecule has 7 nitrogen and oxygen atoms in total. The summed E-state index contributed by atoms with van der Waals surface area (Å²) in [5.41, 5.74) is 0.277. The van der Waals surface area contributed by atoms with Crippen LogP contribution in [-0.4, -0.2) is 50.5 Å². The van der Waals surface area contributed by atoms with Gasteiger partial charge < -0.3 is 24.6 Å². The van der Waals surface area contributed by atoms with Crippen molar-refractivity contribution >= 4 is 11.9 Å². The highest BCUT2D eigenvalue weighted by atomic mass is 19.4. The third-order valence-electron chi connectivity index (χ3n) is 3.03. The van der Waals surface area contributed by atoms with Gasteiger partial charge in [-0.25, -0.2) is 4.79 Å². The van der Waals surface area contributed by atoms with E-state index in [4.69, 9.17) is 19.3 Å². The van der Waals surface area contributed by atoms with E-state index in [1.165, 1.54) is 38.8 Å². The molecule has 134 valence electrons. The highest BCUT2D eigenvalue weighted by Gasteiger charge is 2.40. The number of halogens is 3. The molecule has 0 heterocycles. The third kappa shape index (κ3) is 4.67. The molecule has 0 aliphatic rings. The minimum atomic E-state index is -5.18. The summed E-state index contributed by atoms with van der Waals surface area (Å²) < 4.78 is 52.1. The van der Waals surface area contributed by atoms with Crippen LogP contribution in [0.4, 0.5) is 13.2 Å². The zero-order chi connectivity index (χ0) is 18.5. The maximum Gasteiger partial charge on any atom is 0.471 e. The van der Waals surface area contributed by atoms with Gasteiger partial charge in [-0.05, 0) is 17.7 Å². The molecule has 10 heteroatoms. The number of ether oxygens (including phenoxy) is 3. The Hall–Kier alpha value is -2.65. The van der Waals surface area contributed by atoms with Crippen LogP contribution >= 0.6 is 0 Å². The molecule has 2 N–H and O–H groups in total. The van der Waals surface area contributed by atoms with Crippen LogP contribution in [0.15, 0.2) is 12.1 Å². The second-order valence-electron chi connectivity index (χ2n) is 4.60. The van der Waals surface area contributed by atoms with Gasteiger partial charge in [-0.1, -0.05) is 0 Å². The average molecular weight is 351 g/mol. The van der Waals surface area contributed by atoms with Crippen molar-refractivity contribution in [2.45, 2.75) is 18.6 Å². The summed E-state index contributed by atoms with van der Waals surface area (Å²) in [4.78, 5) is 22.1. The number of carboxylic acid groups (broad SMARTS) is 1. The van der Waals surface area contributed by atoms with Crippen molar-refractivity contribution in [2.75, 3.05) is 21.3 Å². The SMILES string of the molecule is COc1cc(C[C@@H](NC(=O)C(F)(F)F)C(=O)O)cc(OC)c1OC. The zero-order valence-electron chi connectivity index (χ0n) is 13.1. The van der Waals surface area contributed by atoms with E-state index in [9.17, 15) is 22.8 Å². The number of carbonyl (C=O) groups is 2. The highest BCUT2D eigenvalue weighted by Crippen LogP contribution is 2.38. The first-order chi connectivity index (χ1) is 11.1. The van der Waals surface area contributed by atoms with Crippen molar-refractivity contribution in [3.8, 4) is 17.2 Å². The summed E-state index contributed by atoms with van der Waals surface area (Å²) >= 11 is 0. The molecule has 0 saturated heterocycles. The maximum atomic E-state index is 12.3. The number of hydrogen-bond acceptors (Lipinski definition) is 5. The average Bonchev–Trinajstić information content (AvgIpc) is 2.51. The molecule has 0 aliphatic carbocycles. The van der Waals surface area contributed by atoms with E-state index in [1.54, 1.807) is 0 Å². The van der Waals surface area contributed by atoms with Crippen LogP contribution in [0.2, 0.25) is 0 Å². The Balaban J connectivity index is 3.11. The zero-order valence-corrected chi connectivity index (χ0v) is 13.1. The number of amides is 1. The van der Waals surface area contributed by atoms with Gasteiger partial charge in [0.25, 0.3) is 0 Å². The van der Waals surface area contributed by atoms with E-state index >= 15 is 0 Å². The molecule has 1 rings (SSSR count). The van der Waals surface area contributed by atoms with E-state index < -0.39 is 30.5 Å². The first-order valence-corrected chi connectivity index (χ1v) is 6.53. The molecule has 0 saturated carbocycles. The van der Waals surface area contributed by atoms with Crippen LogP contribution in [0.25, 0.3) is 0 Å². The number of alkyl halides is 3. The molecule has 24 heavy (non-hydrogen) atoms. The number of carboxylic acids is 1. The van der Waals surface area contributed by atoms with Crippen molar-refractivity contribution in [2.24, 2.45) is 0 Å². The first kappa shape index (κ1) is 19.4. The van der Waals surface area contributed by atoms with Crippen LogP contribution in [0.3, 0.4) is 0 Å². The fourth-order valence-electron chi connectivity index (χ4n) is 1.93. The fraction of sp³-hybridized carbons (Fsp3) is 0.429. The molecular weight excluding hydrogens is 335 g/mol. The molecule has 1 amide bonds. The first-order valence-electron chi connectivity index (χ1n) is 6.53. The van der Waals surface area contributed by atoms with Crippen molar-refractivity contribution in [1.82, 2.24) is 5.32 Å². The van der Waals surface area contributed by atoms with E-state index in [1.807, 2.05) is 0 Å². The Labute approximate surface area is 135 Å². The Morgan fingerprint density at radius 3 is 1.96 bits per heavy atom. The number of methoxy groups -OCH3 is 3. The lowest BCUT2D eigenvalue weighted by Crippen LogP contribution is -2.47. The lowest BCUT2D eigenvalue weighted by molar-refractivity contribution is -0.175. The Morgan fingerprint density at radius 2 is 1.62 bits per heavy atom. The van der Waals surface area contributed by atoms with Crippen molar-refractivity contribution in [3.63, 3.8) is 0 Å². The van der Waals surface area contributed by atoms with Crippen LogP contribution in [0, 0.1) is 0 Å². The van der Waals surface area contributed by atoms with Crippen LogP contribution in [0.1, 0.15) is 5.56 Å². The summed E-state index contributed by atoms with van der Waals surface area (Å²) in [6.45, 7) is 0. The van der Waals surface area contributed by atoms with E-state index in [2.05, 4.69) is 0 Å². The minimum Gasteiger partial charge on any atom is -0.493 e. The quantitative estimate of drug-likeness (QED) is 0.771. The molecule has 1 atom stereocenters. The van der Waals surface area contributed by atoms with Gasteiger partial charge >= 0.3 is 18.1 Å². The second kappa shape index (κ2) is 7.75. The normalized spacial score (nSPS) is 12.2. The third-order valence-corrected chi connectivity index (χ3v) is 3.03. The summed E-state index contributed by atoms with van der Waals surface area (Å²) in [5.74, 6) is -3.28. The standard InChI is InChI=1S/C14H16F3NO6/c1-22-9-5-7(6-10(23-2)11(9)24-3)4-8(12(19)20)18-13(21)14(15,16)17/h5-6,8H,4H2,1-3H3,(H,18,21)(H,19,20)/t8-/m1/s1. The highest BCUT2D eigenvalue weighted by molar-refractivity contribution is 5.87. The predicted octanol–water partition coefficient (Wildman–Crippen LogP) is 1.39. The molecule has 1 aromatic carbocycles. The van der Waals surface area contributed by atoms with E-state index in [0.717, 1.165) is 0 Å². The molecule has 0 aliphatic heterocycles. The van der Waals surface area contributed by atoms with Crippen LogP contribution < -0.4 is 19.5 Å². The molecule has 0 radical (unpaired) electrons. The smallest absolute Gasteiger partial charge is 0.471 e. The minimum absolute atomic E-state index is 0.207. The number of carbonyl (C=O) groups excluding carboxylic acids is 1. The number of benzene rings is 1. The number of nitrogens with one attached hydrogen (secondary N) is 1. The number of rotatable bonds is 7. The lowest BCUT2D eigenvalue weighted by Gasteiger charge is -2.18. The summed E-state index contributed by atoms with van der Waals surface area (Å²) in [6, 6.07) is 0.996. The van der Waals surface area contributed by atoms with Crippen molar-refractivity contribution < 1.29 is 42.1 Å². The van der Waals surface area contributed by atoms with Crippen molar-refractivity contribution in [3.05, 3.63) is 17.7 Å². The maximum absolute atomic E-state index is 12.3. The Bertz CT molecular complexity index is 592. The van der Waals surface area contributed by atoms with Gasteiger partial charge in [-0.3, -0.25) is 4.79 Å². The number of aliphatic carboxylic acids is 1. The molecule has 0 unspecified atom stereocenters. The van der Waals surface area contributed by atoms with Gasteiger partial charge in [0, 0.05) is 6.42 Å². The molecular formula is C14H16F3NO6. The van der Waals surface area contributed by atoms with E-state index in [-0.39, 0.29) is 22.8 Å². The van der Waals surface area contributed by atoms with Crippen LogP contribution in [-0.2, 0) is 16.0 Å². The largest absolute Gasteiger partial charge is 0.493 e. The van der Waals surface area contributed by atoms with Gasteiger partial charge in [-0.15, -0.1) is 0 Å². The van der Waals surface area contributed by atoms with Crippen LogP contribution in [0.5, 0.6) is 17.2 Å². The Kier molecular flexibility index (Phi) is 6.27. The predicted molar refractivity (Wildman–Crippen MR) is 75.4 cm³/mol.